The number of hydrogen-bond acceptors (Lipinski definition) is 3. The van der Waals surface area contributed by atoms with Gasteiger partial charge in [-0.2, -0.15) is 0 Å². The largest absolute Gasteiger partial charge is 0.393 e. The van der Waals surface area contributed by atoms with Crippen LogP contribution in [0, 0.1) is 3.57 Å². The molecule has 3 heterocycles. The number of nitrogens with zero attached hydrogens (tertiary/aromatic N) is 2. The summed E-state index contributed by atoms with van der Waals surface area (Å²) in [5.74, 6) is 0. The molecule has 0 aliphatic carbocycles. The summed E-state index contributed by atoms with van der Waals surface area (Å²) in [7, 11) is 0. The van der Waals surface area contributed by atoms with Crippen LogP contribution in [0.3, 0.4) is 0 Å². The number of nitrogens with two attached hydrogens (primary N) is 1. The maximum Gasteiger partial charge on any atom is 0.251 e. The molecular formula is C15H16F2IN3S. The van der Waals surface area contributed by atoms with Gasteiger partial charge in [0.15, 0.2) is 0 Å². The molecular weight excluding hydrogens is 419 g/mol. The number of piperidine rings is 1. The highest BCUT2D eigenvalue weighted by Crippen LogP contribution is 2.45. The van der Waals surface area contributed by atoms with E-state index in [0.717, 1.165) is 9.13 Å². The van der Waals surface area contributed by atoms with Gasteiger partial charge in [-0.15, -0.1) is 0 Å². The molecule has 0 saturated carbocycles. The second kappa shape index (κ2) is 6.09. The quantitative estimate of drug-likeness (QED) is 0.449. The molecule has 2 aliphatic heterocycles. The van der Waals surface area contributed by atoms with Crippen molar-refractivity contribution >= 4 is 39.8 Å². The Labute approximate surface area is 147 Å². The smallest absolute Gasteiger partial charge is 0.251 e. The molecule has 0 amide bonds. The third kappa shape index (κ3) is 2.78. The highest BCUT2D eigenvalue weighted by Gasteiger charge is 2.49. The standard InChI is InChI=1S/C15H16F2IN3S/c16-13(17)8-21-11-1-2-12(21)5-15(4-11,14(19)22)9-3-10(18)7-20-6-9/h1-3,6-7,11-13H,4-5,8H2,(H2,19,22)/t11-,12+,15+. The van der Waals surface area contributed by atoms with Crippen molar-refractivity contribution in [2.75, 3.05) is 6.54 Å². The minimum Gasteiger partial charge on any atom is -0.393 e. The Morgan fingerprint density at radius 2 is 2.05 bits per heavy atom. The Hall–Kier alpha value is -0.670. The lowest BCUT2D eigenvalue weighted by Crippen LogP contribution is -2.55. The van der Waals surface area contributed by atoms with Crippen molar-refractivity contribution in [2.45, 2.75) is 36.8 Å². The van der Waals surface area contributed by atoms with Gasteiger partial charge in [-0.25, -0.2) is 8.78 Å². The Bertz CT molecular complexity index is 607. The van der Waals surface area contributed by atoms with Gasteiger partial charge in [0.05, 0.1) is 16.9 Å². The highest BCUT2D eigenvalue weighted by molar-refractivity contribution is 14.1. The third-order valence-corrected chi connectivity index (χ3v) is 5.58. The van der Waals surface area contributed by atoms with E-state index in [0.29, 0.717) is 17.8 Å². The zero-order valence-electron chi connectivity index (χ0n) is 11.8. The number of thiocarbonyl (C=S) groups is 1. The van der Waals surface area contributed by atoms with Crippen LogP contribution in [0.2, 0.25) is 0 Å². The predicted molar refractivity (Wildman–Crippen MR) is 94.1 cm³/mol. The second-order valence-corrected chi connectivity index (χ2v) is 7.54. The molecule has 22 heavy (non-hydrogen) atoms. The van der Waals surface area contributed by atoms with E-state index in [9.17, 15) is 8.78 Å². The van der Waals surface area contributed by atoms with E-state index in [4.69, 9.17) is 18.0 Å². The fourth-order valence-corrected chi connectivity index (χ4v) is 4.36. The highest BCUT2D eigenvalue weighted by atomic mass is 127. The van der Waals surface area contributed by atoms with Crippen molar-refractivity contribution in [3.05, 3.63) is 39.7 Å². The molecule has 3 nitrogen and oxygen atoms in total. The molecule has 0 spiro atoms. The van der Waals surface area contributed by atoms with Crippen molar-refractivity contribution in [3.8, 4) is 0 Å². The van der Waals surface area contributed by atoms with Crippen LogP contribution in [0.15, 0.2) is 30.6 Å². The zero-order chi connectivity index (χ0) is 15.9. The van der Waals surface area contributed by atoms with Gasteiger partial charge in [0.2, 0.25) is 0 Å². The lowest BCUT2D eigenvalue weighted by Gasteiger charge is -2.46. The van der Waals surface area contributed by atoms with Gasteiger partial charge in [0, 0.05) is 28.0 Å². The van der Waals surface area contributed by atoms with Gasteiger partial charge in [0.25, 0.3) is 6.43 Å². The maximum atomic E-state index is 12.8. The summed E-state index contributed by atoms with van der Waals surface area (Å²) in [6.07, 6.45) is 6.51. The number of rotatable bonds is 4. The maximum absolute atomic E-state index is 12.8. The van der Waals surface area contributed by atoms with Crippen molar-refractivity contribution in [1.29, 1.82) is 0 Å². The first kappa shape index (κ1) is 16.2. The Morgan fingerprint density at radius 3 is 2.55 bits per heavy atom. The molecule has 0 unspecified atom stereocenters. The molecule has 2 bridgehead atoms. The topological polar surface area (TPSA) is 42.1 Å². The molecule has 118 valence electrons. The second-order valence-electron chi connectivity index (χ2n) is 5.85. The van der Waals surface area contributed by atoms with Crippen LogP contribution in [0.25, 0.3) is 0 Å². The first-order valence-electron chi connectivity index (χ1n) is 7.05. The molecule has 7 heteroatoms. The van der Waals surface area contributed by atoms with Gasteiger partial charge in [-0.3, -0.25) is 9.88 Å². The fraction of sp³-hybridized carbons (Fsp3) is 0.467. The van der Waals surface area contributed by atoms with Crippen molar-refractivity contribution < 1.29 is 8.78 Å². The van der Waals surface area contributed by atoms with Gasteiger partial charge in [0.1, 0.15) is 0 Å². The predicted octanol–water partition coefficient (Wildman–Crippen LogP) is 2.88. The van der Waals surface area contributed by atoms with E-state index < -0.39 is 11.8 Å². The minimum atomic E-state index is -2.33. The van der Waals surface area contributed by atoms with Crippen molar-refractivity contribution in [2.24, 2.45) is 5.73 Å². The Kier molecular flexibility index (Phi) is 4.48. The van der Waals surface area contributed by atoms with Gasteiger partial charge >= 0.3 is 0 Å². The van der Waals surface area contributed by atoms with E-state index in [1.807, 2.05) is 23.1 Å². The van der Waals surface area contributed by atoms with Crippen molar-refractivity contribution in [1.82, 2.24) is 9.88 Å². The van der Waals surface area contributed by atoms with E-state index in [1.165, 1.54) is 0 Å². The van der Waals surface area contributed by atoms with Gasteiger partial charge < -0.3 is 5.73 Å². The summed E-state index contributed by atoms with van der Waals surface area (Å²) in [4.78, 5) is 6.52. The molecule has 2 aliphatic rings. The van der Waals surface area contributed by atoms with E-state index in [2.05, 4.69) is 27.6 Å². The third-order valence-electron chi connectivity index (χ3n) is 4.60. The molecule has 0 radical (unpaired) electrons. The average Bonchev–Trinajstić information content (AvgIpc) is 2.70. The molecule has 0 aromatic carbocycles. The van der Waals surface area contributed by atoms with Crippen LogP contribution in [-0.2, 0) is 5.41 Å². The number of fused-ring (bicyclic) bond motifs is 2. The zero-order valence-corrected chi connectivity index (χ0v) is 14.7. The SMILES string of the molecule is NC(=S)[C@@]1(c2cncc(I)c2)C[C@H]2C=C[C@@H](C1)N2CC(F)F. The molecule has 3 atom stereocenters. The molecule has 1 aromatic heterocycles. The van der Waals surface area contributed by atoms with Crippen LogP contribution >= 0.6 is 34.8 Å². The number of aromatic nitrogens is 1. The lowest BCUT2D eigenvalue weighted by atomic mass is 9.70. The van der Waals surface area contributed by atoms with Crippen LogP contribution in [0.1, 0.15) is 18.4 Å². The van der Waals surface area contributed by atoms with Crippen LogP contribution < -0.4 is 5.73 Å². The van der Waals surface area contributed by atoms with E-state index in [1.54, 1.807) is 12.4 Å². The first-order chi connectivity index (χ1) is 10.4. The summed E-state index contributed by atoms with van der Waals surface area (Å²) in [6, 6.07) is 1.94. The normalized spacial score (nSPS) is 30.9. The Morgan fingerprint density at radius 1 is 1.41 bits per heavy atom. The molecule has 1 saturated heterocycles. The van der Waals surface area contributed by atoms with Crippen LogP contribution in [0.4, 0.5) is 8.78 Å². The van der Waals surface area contributed by atoms with Gasteiger partial charge in [-0.05, 0) is 47.1 Å². The number of alkyl halides is 2. The number of pyridine rings is 1. The van der Waals surface area contributed by atoms with E-state index >= 15 is 0 Å². The summed E-state index contributed by atoms with van der Waals surface area (Å²) >= 11 is 7.57. The van der Waals surface area contributed by atoms with Crippen LogP contribution in [-0.4, -0.2) is 39.9 Å². The molecule has 1 aromatic rings. The van der Waals surface area contributed by atoms with Gasteiger partial charge in [-0.1, -0.05) is 24.4 Å². The molecule has 1 fully saturated rings. The fourth-order valence-electron chi connectivity index (χ4n) is 3.57. The Balaban J connectivity index is 1.94. The number of halogens is 3. The summed E-state index contributed by atoms with van der Waals surface area (Å²) in [6.45, 7) is -0.208. The first-order valence-corrected chi connectivity index (χ1v) is 8.54. The molecule has 3 rings (SSSR count). The number of hydrogen-bond donors (Lipinski definition) is 1. The molecule has 2 N–H and O–H groups in total. The summed E-state index contributed by atoms with van der Waals surface area (Å²) < 4.78 is 26.6. The average molecular weight is 435 g/mol. The monoisotopic (exact) mass is 435 g/mol. The van der Waals surface area contributed by atoms with E-state index in [-0.39, 0.29) is 18.6 Å². The van der Waals surface area contributed by atoms with Crippen molar-refractivity contribution in [3.63, 3.8) is 0 Å². The lowest BCUT2D eigenvalue weighted by molar-refractivity contribution is 0.0399. The summed E-state index contributed by atoms with van der Waals surface area (Å²) in [5, 5.41) is 0. The summed E-state index contributed by atoms with van der Waals surface area (Å²) in [5.41, 5.74) is 6.61. The minimum absolute atomic E-state index is 0.0490. The van der Waals surface area contributed by atoms with Crippen LogP contribution in [0.5, 0.6) is 0 Å².